The molecule has 1 amide bonds. The number of nitrogens with one attached hydrogen (secondary N) is 1. The summed E-state index contributed by atoms with van der Waals surface area (Å²) in [6.07, 6.45) is 4.43. The average Bonchev–Trinajstić information content (AvgIpc) is 3.27. The highest BCUT2D eigenvalue weighted by molar-refractivity contribution is 7.10. The van der Waals surface area contributed by atoms with Gasteiger partial charge < -0.3 is 9.88 Å². The summed E-state index contributed by atoms with van der Waals surface area (Å²) in [5, 5.41) is 5.14. The number of hydrogen-bond acceptors (Lipinski definition) is 2. The smallest absolute Gasteiger partial charge is 0.224 e. The number of benzene rings is 1. The van der Waals surface area contributed by atoms with Crippen molar-refractivity contribution in [1.29, 1.82) is 0 Å². The second kappa shape index (κ2) is 7.05. The van der Waals surface area contributed by atoms with Crippen LogP contribution in [-0.4, -0.2) is 17.0 Å². The van der Waals surface area contributed by atoms with Gasteiger partial charge in [-0.3, -0.25) is 4.79 Å². The van der Waals surface area contributed by atoms with Gasteiger partial charge in [0.05, 0.1) is 6.42 Å². The third kappa shape index (κ3) is 3.95. The fraction of sp³-hybridized carbons (Fsp3) is 0.250. The molecule has 0 aliphatic heterocycles. The van der Waals surface area contributed by atoms with E-state index in [-0.39, 0.29) is 11.3 Å². The molecule has 2 heterocycles. The molecule has 0 atom stereocenters. The van der Waals surface area contributed by atoms with E-state index in [1.807, 2.05) is 53.4 Å². The first-order chi connectivity index (χ1) is 11.5. The minimum atomic E-state index is -0.0396. The Morgan fingerprint density at radius 3 is 2.42 bits per heavy atom. The van der Waals surface area contributed by atoms with E-state index in [0.29, 0.717) is 13.0 Å². The zero-order valence-corrected chi connectivity index (χ0v) is 14.8. The normalized spacial score (nSPS) is 11.4. The van der Waals surface area contributed by atoms with E-state index in [4.69, 9.17) is 0 Å². The van der Waals surface area contributed by atoms with Crippen LogP contribution in [0.3, 0.4) is 0 Å². The number of hydrogen-bond donors (Lipinski definition) is 1. The summed E-state index contributed by atoms with van der Waals surface area (Å²) in [6, 6.07) is 16.3. The number of amides is 1. The SMILES string of the molecule is CC(C)(CNC(=O)Cc1ccc(-n2cccc2)cc1)c1cccs1. The molecular weight excluding hydrogens is 316 g/mol. The molecule has 0 saturated carbocycles. The highest BCUT2D eigenvalue weighted by Crippen LogP contribution is 2.26. The molecule has 3 rings (SSSR count). The predicted octanol–water partition coefficient (Wildman–Crippen LogP) is 4.18. The van der Waals surface area contributed by atoms with Crippen LogP contribution in [0.25, 0.3) is 5.69 Å². The Morgan fingerprint density at radius 1 is 1.08 bits per heavy atom. The summed E-state index contributed by atoms with van der Waals surface area (Å²) < 4.78 is 2.05. The van der Waals surface area contributed by atoms with Crippen LogP contribution in [-0.2, 0) is 16.6 Å². The van der Waals surface area contributed by atoms with Gasteiger partial charge in [-0.15, -0.1) is 11.3 Å². The minimum absolute atomic E-state index is 0.0396. The lowest BCUT2D eigenvalue weighted by Crippen LogP contribution is -2.36. The second-order valence-electron chi connectivity index (χ2n) is 6.57. The van der Waals surface area contributed by atoms with E-state index >= 15 is 0 Å². The Balaban J connectivity index is 1.55. The van der Waals surface area contributed by atoms with E-state index in [1.165, 1.54) is 4.88 Å². The number of aromatic nitrogens is 1. The van der Waals surface area contributed by atoms with Crippen LogP contribution in [0.1, 0.15) is 24.3 Å². The molecule has 24 heavy (non-hydrogen) atoms. The van der Waals surface area contributed by atoms with Gasteiger partial charge >= 0.3 is 0 Å². The number of carbonyl (C=O) groups is 1. The Morgan fingerprint density at radius 2 is 1.79 bits per heavy atom. The predicted molar refractivity (Wildman–Crippen MR) is 99.8 cm³/mol. The highest BCUT2D eigenvalue weighted by Gasteiger charge is 2.22. The number of thiophene rings is 1. The van der Waals surface area contributed by atoms with Crippen molar-refractivity contribution in [3.05, 3.63) is 76.7 Å². The summed E-state index contributed by atoms with van der Waals surface area (Å²) in [5.74, 6) is 0.0633. The molecule has 4 heteroatoms. The molecule has 3 nitrogen and oxygen atoms in total. The van der Waals surface area contributed by atoms with Gasteiger partial charge in [0.15, 0.2) is 0 Å². The number of carbonyl (C=O) groups excluding carboxylic acids is 1. The van der Waals surface area contributed by atoms with Gasteiger partial charge in [0.1, 0.15) is 0 Å². The van der Waals surface area contributed by atoms with Crippen molar-refractivity contribution in [3.8, 4) is 5.69 Å². The topological polar surface area (TPSA) is 34.0 Å². The third-order valence-corrected chi connectivity index (χ3v) is 5.36. The highest BCUT2D eigenvalue weighted by atomic mass is 32.1. The maximum Gasteiger partial charge on any atom is 0.224 e. The second-order valence-corrected chi connectivity index (χ2v) is 7.52. The van der Waals surface area contributed by atoms with Crippen LogP contribution in [0.4, 0.5) is 0 Å². The Hall–Kier alpha value is -2.33. The Labute approximate surface area is 147 Å². The molecule has 2 aromatic heterocycles. The van der Waals surface area contributed by atoms with Crippen molar-refractivity contribution in [2.75, 3.05) is 6.54 Å². The summed E-state index contributed by atoms with van der Waals surface area (Å²) in [7, 11) is 0. The molecular formula is C20H22N2OS. The van der Waals surface area contributed by atoms with Crippen molar-refractivity contribution in [2.24, 2.45) is 0 Å². The summed E-state index contributed by atoms with van der Waals surface area (Å²) in [6.45, 7) is 4.96. The molecule has 3 aromatic rings. The van der Waals surface area contributed by atoms with Crippen molar-refractivity contribution in [3.63, 3.8) is 0 Å². The lowest BCUT2D eigenvalue weighted by atomic mass is 9.91. The molecule has 0 radical (unpaired) electrons. The first kappa shape index (κ1) is 16.5. The van der Waals surface area contributed by atoms with Crippen molar-refractivity contribution < 1.29 is 4.79 Å². The van der Waals surface area contributed by atoms with Crippen LogP contribution in [0.5, 0.6) is 0 Å². The fourth-order valence-corrected chi connectivity index (χ4v) is 3.46. The quantitative estimate of drug-likeness (QED) is 0.719. The first-order valence-electron chi connectivity index (χ1n) is 8.07. The molecule has 1 N–H and O–H groups in total. The maximum atomic E-state index is 12.2. The number of nitrogens with zero attached hydrogens (tertiary/aromatic N) is 1. The van der Waals surface area contributed by atoms with Gasteiger partial charge in [-0.05, 0) is 41.3 Å². The van der Waals surface area contributed by atoms with Crippen LogP contribution < -0.4 is 5.32 Å². The van der Waals surface area contributed by atoms with E-state index in [1.54, 1.807) is 11.3 Å². The molecule has 1 aromatic carbocycles. The summed E-state index contributed by atoms with van der Waals surface area (Å²) in [4.78, 5) is 13.5. The van der Waals surface area contributed by atoms with Gasteiger partial charge in [-0.2, -0.15) is 0 Å². The minimum Gasteiger partial charge on any atom is -0.355 e. The Kier molecular flexibility index (Phi) is 4.86. The van der Waals surface area contributed by atoms with Gasteiger partial charge in [0.2, 0.25) is 5.91 Å². The van der Waals surface area contributed by atoms with E-state index in [9.17, 15) is 4.79 Å². The largest absolute Gasteiger partial charge is 0.355 e. The summed E-state index contributed by atoms with van der Waals surface area (Å²) in [5.41, 5.74) is 2.09. The lowest BCUT2D eigenvalue weighted by molar-refractivity contribution is -0.120. The lowest BCUT2D eigenvalue weighted by Gasteiger charge is -2.23. The third-order valence-electron chi connectivity index (χ3n) is 4.12. The number of rotatable bonds is 6. The maximum absolute atomic E-state index is 12.2. The van der Waals surface area contributed by atoms with Crippen LogP contribution in [0, 0.1) is 0 Å². The molecule has 0 aliphatic rings. The molecule has 0 fully saturated rings. The van der Waals surface area contributed by atoms with Gasteiger partial charge in [0.25, 0.3) is 0 Å². The van der Waals surface area contributed by atoms with Crippen LogP contribution >= 0.6 is 11.3 Å². The fourth-order valence-electron chi connectivity index (χ4n) is 2.61. The van der Waals surface area contributed by atoms with Gasteiger partial charge in [-0.1, -0.05) is 32.0 Å². The van der Waals surface area contributed by atoms with E-state index in [2.05, 4.69) is 36.7 Å². The molecule has 0 bridgehead atoms. The van der Waals surface area contributed by atoms with Gasteiger partial charge in [-0.25, -0.2) is 0 Å². The first-order valence-corrected chi connectivity index (χ1v) is 8.95. The van der Waals surface area contributed by atoms with Crippen molar-refractivity contribution in [1.82, 2.24) is 9.88 Å². The van der Waals surface area contributed by atoms with Crippen molar-refractivity contribution >= 4 is 17.2 Å². The van der Waals surface area contributed by atoms with E-state index < -0.39 is 0 Å². The monoisotopic (exact) mass is 338 g/mol. The standard InChI is InChI=1S/C20H22N2OS/c1-20(2,18-6-5-13-24-18)15-21-19(23)14-16-7-9-17(10-8-16)22-11-3-4-12-22/h3-13H,14-15H2,1-2H3,(H,21,23). The molecule has 0 saturated heterocycles. The van der Waals surface area contributed by atoms with Crippen LogP contribution in [0.15, 0.2) is 66.3 Å². The molecule has 0 unspecified atom stereocenters. The van der Waals surface area contributed by atoms with Crippen LogP contribution in [0.2, 0.25) is 0 Å². The summed E-state index contributed by atoms with van der Waals surface area (Å²) >= 11 is 1.73. The zero-order valence-electron chi connectivity index (χ0n) is 14.0. The average molecular weight is 338 g/mol. The molecule has 124 valence electrons. The van der Waals surface area contributed by atoms with E-state index in [0.717, 1.165) is 11.3 Å². The molecule has 0 spiro atoms. The van der Waals surface area contributed by atoms with Gasteiger partial charge in [0, 0.05) is 34.9 Å². The Bertz CT molecular complexity index is 772. The van der Waals surface area contributed by atoms with Crippen molar-refractivity contribution in [2.45, 2.75) is 25.7 Å². The molecule has 0 aliphatic carbocycles. The zero-order chi connectivity index (χ0) is 17.0.